The van der Waals surface area contributed by atoms with E-state index in [1.165, 1.54) is 7.11 Å². The number of furan rings is 1. The van der Waals surface area contributed by atoms with Crippen LogP contribution in [0.2, 0.25) is 0 Å². The number of hydrogen-bond donors (Lipinski definition) is 2. The summed E-state index contributed by atoms with van der Waals surface area (Å²) in [6.45, 7) is 2.38. The van der Waals surface area contributed by atoms with Gasteiger partial charge < -0.3 is 24.2 Å². The van der Waals surface area contributed by atoms with Gasteiger partial charge in [0.2, 0.25) is 0 Å². The van der Waals surface area contributed by atoms with Gasteiger partial charge in [0.1, 0.15) is 11.6 Å². The van der Waals surface area contributed by atoms with Gasteiger partial charge in [-0.3, -0.25) is 4.79 Å². The molecule has 3 aromatic rings. The second-order valence-electron chi connectivity index (χ2n) is 5.35. The van der Waals surface area contributed by atoms with Crippen LogP contribution in [0.5, 0.6) is 11.5 Å². The second-order valence-corrected chi connectivity index (χ2v) is 5.35. The minimum atomic E-state index is -0.219. The van der Waals surface area contributed by atoms with Crippen molar-refractivity contribution in [3.8, 4) is 11.5 Å². The van der Waals surface area contributed by atoms with Crippen LogP contribution in [0.25, 0.3) is 10.9 Å². The number of aromatic amines is 1. The van der Waals surface area contributed by atoms with E-state index in [2.05, 4.69) is 15.3 Å². The van der Waals surface area contributed by atoms with Crippen LogP contribution in [0.1, 0.15) is 24.6 Å². The lowest BCUT2D eigenvalue weighted by Crippen LogP contribution is -2.22. The maximum Gasteiger partial charge on any atom is 0.258 e. The van der Waals surface area contributed by atoms with Crippen LogP contribution < -0.4 is 20.3 Å². The fourth-order valence-electron chi connectivity index (χ4n) is 2.49. The van der Waals surface area contributed by atoms with Crippen molar-refractivity contribution < 1.29 is 13.9 Å². The monoisotopic (exact) mass is 329 g/mol. The van der Waals surface area contributed by atoms with Gasteiger partial charge in [-0.2, -0.15) is 0 Å². The van der Waals surface area contributed by atoms with E-state index >= 15 is 0 Å². The van der Waals surface area contributed by atoms with Crippen LogP contribution in [0.3, 0.4) is 0 Å². The summed E-state index contributed by atoms with van der Waals surface area (Å²) in [5, 5.41) is 3.72. The average Bonchev–Trinajstić information content (AvgIpc) is 3.13. The summed E-state index contributed by atoms with van der Waals surface area (Å²) in [6, 6.07) is 7.06. The molecule has 2 aromatic heterocycles. The molecule has 0 saturated heterocycles. The number of ether oxygens (including phenoxy) is 2. The van der Waals surface area contributed by atoms with Crippen molar-refractivity contribution in [2.24, 2.45) is 0 Å². The van der Waals surface area contributed by atoms with E-state index in [0.29, 0.717) is 34.8 Å². The van der Waals surface area contributed by atoms with Crippen molar-refractivity contribution >= 4 is 10.9 Å². The SMILES string of the molecule is COc1cc2nc(CN[C@H](C)c3ccco3)[nH]c(=O)c2cc1OC. The van der Waals surface area contributed by atoms with Crippen LogP contribution in [0.4, 0.5) is 0 Å². The van der Waals surface area contributed by atoms with E-state index in [1.54, 1.807) is 25.5 Å². The van der Waals surface area contributed by atoms with Crippen LogP contribution in [-0.2, 0) is 6.54 Å². The van der Waals surface area contributed by atoms with Gasteiger partial charge in [-0.15, -0.1) is 0 Å². The van der Waals surface area contributed by atoms with Crippen molar-refractivity contribution in [3.63, 3.8) is 0 Å². The van der Waals surface area contributed by atoms with Crippen molar-refractivity contribution in [2.45, 2.75) is 19.5 Å². The summed E-state index contributed by atoms with van der Waals surface area (Å²) in [5.41, 5.74) is 0.335. The molecule has 0 radical (unpaired) electrons. The fourth-order valence-corrected chi connectivity index (χ4v) is 2.49. The largest absolute Gasteiger partial charge is 0.493 e. The summed E-state index contributed by atoms with van der Waals surface area (Å²) < 4.78 is 15.8. The topological polar surface area (TPSA) is 89.4 Å². The Bertz CT molecular complexity index is 887. The van der Waals surface area contributed by atoms with Crippen molar-refractivity contribution in [2.75, 3.05) is 14.2 Å². The highest BCUT2D eigenvalue weighted by Gasteiger charge is 2.12. The molecule has 1 aromatic carbocycles. The van der Waals surface area contributed by atoms with Gasteiger partial charge in [-0.1, -0.05) is 0 Å². The number of fused-ring (bicyclic) bond motifs is 1. The van der Waals surface area contributed by atoms with Crippen molar-refractivity contribution in [1.82, 2.24) is 15.3 Å². The Hall–Kier alpha value is -2.80. The molecule has 0 fully saturated rings. The molecule has 0 bridgehead atoms. The molecule has 7 heteroatoms. The Morgan fingerprint density at radius 1 is 1.29 bits per heavy atom. The molecule has 0 saturated carbocycles. The third-order valence-corrected chi connectivity index (χ3v) is 3.81. The number of nitrogens with one attached hydrogen (secondary N) is 2. The van der Waals surface area contributed by atoms with Crippen LogP contribution >= 0.6 is 0 Å². The van der Waals surface area contributed by atoms with E-state index in [9.17, 15) is 4.79 Å². The summed E-state index contributed by atoms with van der Waals surface area (Å²) in [5.74, 6) is 2.39. The molecule has 2 heterocycles. The summed E-state index contributed by atoms with van der Waals surface area (Å²) in [7, 11) is 3.07. The molecular formula is C17H19N3O4. The molecule has 126 valence electrons. The fraction of sp³-hybridized carbons (Fsp3) is 0.294. The Morgan fingerprint density at radius 2 is 2.04 bits per heavy atom. The number of hydrogen-bond acceptors (Lipinski definition) is 6. The summed E-state index contributed by atoms with van der Waals surface area (Å²) in [4.78, 5) is 19.6. The number of benzene rings is 1. The molecule has 24 heavy (non-hydrogen) atoms. The van der Waals surface area contributed by atoms with E-state index in [1.807, 2.05) is 19.1 Å². The number of methoxy groups -OCH3 is 2. The Labute approximate surface area is 138 Å². The summed E-state index contributed by atoms with van der Waals surface area (Å²) in [6.07, 6.45) is 1.63. The lowest BCUT2D eigenvalue weighted by Gasteiger charge is -2.12. The van der Waals surface area contributed by atoms with Gasteiger partial charge in [-0.25, -0.2) is 4.98 Å². The molecule has 0 aliphatic heterocycles. The zero-order valence-electron chi connectivity index (χ0n) is 13.8. The van der Waals surface area contributed by atoms with Gasteiger partial charge in [0.25, 0.3) is 5.56 Å². The number of nitrogens with zero attached hydrogens (tertiary/aromatic N) is 1. The quantitative estimate of drug-likeness (QED) is 0.722. The predicted octanol–water partition coefficient (Wildman–Crippen LogP) is 2.38. The first-order valence-corrected chi connectivity index (χ1v) is 7.54. The van der Waals surface area contributed by atoms with Gasteiger partial charge in [0, 0.05) is 6.07 Å². The lowest BCUT2D eigenvalue weighted by atomic mass is 10.2. The van der Waals surface area contributed by atoms with Gasteiger partial charge in [0.15, 0.2) is 11.5 Å². The minimum absolute atomic E-state index is 0.00593. The predicted molar refractivity (Wildman–Crippen MR) is 89.4 cm³/mol. The molecule has 3 rings (SSSR count). The molecule has 0 unspecified atom stereocenters. The highest BCUT2D eigenvalue weighted by molar-refractivity contribution is 5.81. The minimum Gasteiger partial charge on any atom is -0.493 e. The molecule has 2 N–H and O–H groups in total. The second kappa shape index (κ2) is 6.76. The van der Waals surface area contributed by atoms with E-state index in [0.717, 1.165) is 5.76 Å². The molecule has 7 nitrogen and oxygen atoms in total. The zero-order valence-corrected chi connectivity index (χ0v) is 13.8. The smallest absolute Gasteiger partial charge is 0.258 e. The standard InChI is InChI=1S/C17H19N3O4/c1-10(13-5-4-6-24-13)18-9-16-19-12-8-15(23-3)14(22-2)7-11(12)17(21)20-16/h4-8,10,18H,9H2,1-3H3,(H,19,20,21)/t10-/m1/s1. The number of H-pyrrole nitrogens is 1. The van der Waals surface area contributed by atoms with Crippen LogP contribution in [-0.4, -0.2) is 24.2 Å². The first kappa shape index (κ1) is 16.1. The molecule has 0 aliphatic rings. The summed E-state index contributed by atoms with van der Waals surface area (Å²) >= 11 is 0. The van der Waals surface area contributed by atoms with Gasteiger partial charge in [-0.05, 0) is 25.1 Å². The van der Waals surface area contributed by atoms with E-state index < -0.39 is 0 Å². The first-order chi connectivity index (χ1) is 11.6. The Balaban J connectivity index is 1.88. The molecule has 0 amide bonds. The van der Waals surface area contributed by atoms with Crippen molar-refractivity contribution in [1.29, 1.82) is 0 Å². The third-order valence-electron chi connectivity index (χ3n) is 3.81. The number of aromatic nitrogens is 2. The zero-order chi connectivity index (χ0) is 17.1. The molecule has 0 aliphatic carbocycles. The third kappa shape index (κ3) is 3.11. The Morgan fingerprint density at radius 3 is 2.71 bits per heavy atom. The maximum atomic E-state index is 12.3. The van der Waals surface area contributed by atoms with Crippen LogP contribution in [0.15, 0.2) is 39.7 Å². The van der Waals surface area contributed by atoms with Crippen molar-refractivity contribution in [3.05, 3.63) is 52.5 Å². The highest BCUT2D eigenvalue weighted by atomic mass is 16.5. The van der Waals surface area contributed by atoms with E-state index in [4.69, 9.17) is 13.9 Å². The maximum absolute atomic E-state index is 12.3. The van der Waals surface area contributed by atoms with Gasteiger partial charge in [0.05, 0.1) is 44.0 Å². The average molecular weight is 329 g/mol. The molecule has 1 atom stereocenters. The molecular weight excluding hydrogens is 310 g/mol. The van der Waals surface area contributed by atoms with E-state index in [-0.39, 0.29) is 11.6 Å². The Kier molecular flexibility index (Phi) is 4.52. The number of rotatable bonds is 6. The van der Waals surface area contributed by atoms with Gasteiger partial charge >= 0.3 is 0 Å². The highest BCUT2D eigenvalue weighted by Crippen LogP contribution is 2.29. The lowest BCUT2D eigenvalue weighted by molar-refractivity contribution is 0.355. The molecule has 0 spiro atoms. The normalized spacial score (nSPS) is 12.3. The first-order valence-electron chi connectivity index (χ1n) is 7.54. The van der Waals surface area contributed by atoms with Crippen LogP contribution in [0, 0.1) is 0 Å².